The first-order chi connectivity index (χ1) is 14.2. The highest BCUT2D eigenvalue weighted by atomic mass is 16.3. The molecule has 5 aliphatic carbocycles. The van der Waals surface area contributed by atoms with E-state index in [2.05, 4.69) is 67.5 Å². The van der Waals surface area contributed by atoms with Crippen molar-refractivity contribution in [2.45, 2.75) is 119 Å². The van der Waals surface area contributed by atoms with Gasteiger partial charge in [-0.15, -0.1) is 0 Å². The summed E-state index contributed by atoms with van der Waals surface area (Å²) in [6.07, 6.45) is 16.6. The summed E-state index contributed by atoms with van der Waals surface area (Å²) in [5.41, 5.74) is 5.19. The average Bonchev–Trinajstić information content (AvgIpc) is 2.68. The standard InChI is InChI=1S/C30H48O/c1-25(2)15-9-10-23-29(25,7)19-18-28(6)21-11-12-22-26(3,4)24(31)14-16-27(22,5)20(21)13-17-30(23,28)8/h11,13,22-24,31H,9-10,12,14-19H2,1-8H3/t22-,23+,24-,27+,28+,29-,30-/m0/s1. The quantitative estimate of drug-likeness (QED) is 0.416. The minimum absolute atomic E-state index is 0.00391. The molecular weight excluding hydrogens is 376 g/mol. The van der Waals surface area contributed by atoms with E-state index in [0.717, 1.165) is 25.2 Å². The first-order valence-corrected chi connectivity index (χ1v) is 13.3. The van der Waals surface area contributed by atoms with E-state index in [1.54, 1.807) is 11.1 Å². The molecule has 3 fully saturated rings. The molecule has 0 amide bonds. The molecule has 0 aromatic carbocycles. The molecule has 1 N–H and O–H groups in total. The number of aliphatic hydroxyl groups is 1. The topological polar surface area (TPSA) is 20.2 Å². The van der Waals surface area contributed by atoms with Crippen LogP contribution < -0.4 is 0 Å². The number of hydrogen-bond donors (Lipinski definition) is 1. The molecule has 7 atom stereocenters. The van der Waals surface area contributed by atoms with Crippen molar-refractivity contribution in [1.82, 2.24) is 0 Å². The summed E-state index contributed by atoms with van der Waals surface area (Å²) in [6, 6.07) is 0. The maximum atomic E-state index is 10.8. The van der Waals surface area contributed by atoms with Crippen LogP contribution in [0.1, 0.15) is 113 Å². The highest BCUT2D eigenvalue weighted by molar-refractivity contribution is 5.49. The number of hydrogen-bond acceptors (Lipinski definition) is 1. The summed E-state index contributed by atoms with van der Waals surface area (Å²) < 4.78 is 0. The molecule has 0 aliphatic heterocycles. The summed E-state index contributed by atoms with van der Waals surface area (Å²) >= 11 is 0. The van der Waals surface area contributed by atoms with Gasteiger partial charge in [0.2, 0.25) is 0 Å². The summed E-state index contributed by atoms with van der Waals surface area (Å²) in [5, 5.41) is 10.8. The average molecular weight is 425 g/mol. The molecule has 1 heteroatoms. The van der Waals surface area contributed by atoms with E-state index < -0.39 is 0 Å². The van der Waals surface area contributed by atoms with Crippen LogP contribution in [0.15, 0.2) is 23.3 Å². The molecule has 0 aromatic heterocycles. The van der Waals surface area contributed by atoms with Crippen LogP contribution in [0.4, 0.5) is 0 Å². The zero-order valence-electron chi connectivity index (χ0n) is 21.7. The summed E-state index contributed by atoms with van der Waals surface area (Å²) in [7, 11) is 0. The van der Waals surface area contributed by atoms with Crippen molar-refractivity contribution >= 4 is 0 Å². The molecule has 0 unspecified atom stereocenters. The van der Waals surface area contributed by atoms with Crippen molar-refractivity contribution < 1.29 is 5.11 Å². The molecule has 5 aliphatic rings. The molecule has 3 saturated carbocycles. The minimum atomic E-state index is -0.162. The molecule has 31 heavy (non-hydrogen) atoms. The van der Waals surface area contributed by atoms with Crippen LogP contribution in [0.25, 0.3) is 0 Å². The van der Waals surface area contributed by atoms with Gasteiger partial charge in [-0.2, -0.15) is 0 Å². The normalized spacial score (nSPS) is 52.6. The van der Waals surface area contributed by atoms with E-state index in [9.17, 15) is 5.11 Å². The lowest BCUT2D eigenvalue weighted by Gasteiger charge is -2.70. The van der Waals surface area contributed by atoms with E-state index in [-0.39, 0.29) is 16.9 Å². The zero-order chi connectivity index (χ0) is 22.7. The van der Waals surface area contributed by atoms with Gasteiger partial charge in [0.1, 0.15) is 0 Å². The molecule has 0 aromatic rings. The highest BCUT2D eigenvalue weighted by Gasteiger charge is 2.66. The largest absolute Gasteiger partial charge is 0.393 e. The number of allylic oxidation sites excluding steroid dienone is 4. The van der Waals surface area contributed by atoms with Gasteiger partial charge in [-0.1, -0.05) is 74.0 Å². The van der Waals surface area contributed by atoms with Crippen molar-refractivity contribution in [3.8, 4) is 0 Å². The van der Waals surface area contributed by atoms with Gasteiger partial charge >= 0.3 is 0 Å². The second kappa shape index (κ2) is 6.31. The van der Waals surface area contributed by atoms with Crippen LogP contribution in [-0.2, 0) is 0 Å². The lowest BCUT2D eigenvalue weighted by molar-refractivity contribution is -0.170. The second-order valence-electron chi connectivity index (χ2n) is 14.5. The lowest BCUT2D eigenvalue weighted by Crippen LogP contribution is -2.62. The van der Waals surface area contributed by atoms with Gasteiger partial charge in [0, 0.05) is 0 Å². The number of rotatable bonds is 0. The Hall–Kier alpha value is -0.560. The molecule has 0 bridgehead atoms. The van der Waals surface area contributed by atoms with Gasteiger partial charge in [-0.3, -0.25) is 0 Å². The lowest BCUT2D eigenvalue weighted by atomic mass is 9.34. The van der Waals surface area contributed by atoms with Crippen molar-refractivity contribution in [3.63, 3.8) is 0 Å². The maximum absolute atomic E-state index is 10.8. The fourth-order valence-electron chi connectivity index (χ4n) is 10.1. The first-order valence-electron chi connectivity index (χ1n) is 13.3. The summed E-state index contributed by atoms with van der Waals surface area (Å²) in [5.74, 6) is 1.37. The third-order valence-electron chi connectivity index (χ3n) is 13.0. The van der Waals surface area contributed by atoms with Gasteiger partial charge in [0.25, 0.3) is 0 Å². The Morgan fingerprint density at radius 3 is 2.16 bits per heavy atom. The van der Waals surface area contributed by atoms with E-state index in [0.29, 0.717) is 27.6 Å². The predicted molar refractivity (Wildman–Crippen MR) is 131 cm³/mol. The molecule has 0 saturated heterocycles. The van der Waals surface area contributed by atoms with Crippen molar-refractivity contribution in [1.29, 1.82) is 0 Å². The smallest absolute Gasteiger partial charge is 0.0594 e. The maximum Gasteiger partial charge on any atom is 0.0594 e. The van der Waals surface area contributed by atoms with Gasteiger partial charge in [0.05, 0.1) is 6.10 Å². The van der Waals surface area contributed by atoms with E-state index in [4.69, 9.17) is 0 Å². The Bertz CT molecular complexity index is 844. The molecule has 5 rings (SSSR count). The number of fused-ring (bicyclic) bond motifs is 7. The fourth-order valence-corrected chi connectivity index (χ4v) is 10.1. The fraction of sp³-hybridized carbons (Fsp3) is 0.867. The zero-order valence-corrected chi connectivity index (χ0v) is 21.7. The molecule has 1 nitrogen and oxygen atoms in total. The first kappa shape index (κ1) is 22.2. The highest BCUT2D eigenvalue weighted by Crippen LogP contribution is 2.75. The Balaban J connectivity index is 1.61. The second-order valence-corrected chi connectivity index (χ2v) is 14.5. The van der Waals surface area contributed by atoms with Gasteiger partial charge < -0.3 is 5.11 Å². The summed E-state index contributed by atoms with van der Waals surface area (Å²) in [6.45, 7) is 20.3. The predicted octanol–water partition coefficient (Wildman–Crippen LogP) is 8.09. The van der Waals surface area contributed by atoms with Crippen LogP contribution in [0.2, 0.25) is 0 Å². The van der Waals surface area contributed by atoms with Crippen LogP contribution in [0.3, 0.4) is 0 Å². The van der Waals surface area contributed by atoms with E-state index in [1.165, 1.54) is 38.5 Å². The van der Waals surface area contributed by atoms with Crippen molar-refractivity contribution in [2.24, 2.45) is 44.3 Å². The molecule has 0 heterocycles. The molecule has 0 radical (unpaired) electrons. The van der Waals surface area contributed by atoms with Crippen LogP contribution >= 0.6 is 0 Å². The third-order valence-corrected chi connectivity index (χ3v) is 13.0. The van der Waals surface area contributed by atoms with Crippen molar-refractivity contribution in [3.05, 3.63) is 23.3 Å². The minimum Gasteiger partial charge on any atom is -0.393 e. The third kappa shape index (κ3) is 2.49. The molecule has 174 valence electrons. The Morgan fingerprint density at radius 1 is 0.742 bits per heavy atom. The Kier molecular flexibility index (Phi) is 4.53. The Morgan fingerprint density at radius 2 is 1.45 bits per heavy atom. The van der Waals surface area contributed by atoms with Gasteiger partial charge in [0.15, 0.2) is 0 Å². The van der Waals surface area contributed by atoms with Crippen LogP contribution in [-0.4, -0.2) is 11.2 Å². The monoisotopic (exact) mass is 424 g/mol. The van der Waals surface area contributed by atoms with Crippen LogP contribution in [0.5, 0.6) is 0 Å². The molecular formula is C30H48O. The van der Waals surface area contributed by atoms with Crippen LogP contribution in [0, 0.1) is 44.3 Å². The molecule has 0 spiro atoms. The van der Waals surface area contributed by atoms with Crippen molar-refractivity contribution in [2.75, 3.05) is 0 Å². The van der Waals surface area contributed by atoms with Gasteiger partial charge in [-0.05, 0) is 107 Å². The van der Waals surface area contributed by atoms with Gasteiger partial charge in [-0.25, -0.2) is 0 Å². The SMILES string of the molecule is CC1(C)[C@@H](O)CC[C@]2(C)C3=CC[C@@]4(C)[C@@H]5CCCC(C)(C)[C@@]5(C)CC[C@]4(C)C3=CC[C@@H]12. The Labute approximate surface area is 192 Å². The van der Waals surface area contributed by atoms with E-state index >= 15 is 0 Å². The summed E-state index contributed by atoms with van der Waals surface area (Å²) in [4.78, 5) is 0. The van der Waals surface area contributed by atoms with E-state index in [1.807, 2.05) is 0 Å². The number of aliphatic hydroxyl groups excluding tert-OH is 1.